The molecule has 7 nitrogen and oxygen atoms in total. The molecule has 2 atom stereocenters. The van der Waals surface area contributed by atoms with E-state index in [0.717, 1.165) is 30.5 Å². The second-order valence-corrected chi connectivity index (χ2v) is 6.89. The van der Waals surface area contributed by atoms with E-state index in [9.17, 15) is 14.4 Å². The van der Waals surface area contributed by atoms with Crippen LogP contribution in [0.25, 0.3) is 0 Å². The van der Waals surface area contributed by atoms with Gasteiger partial charge in [0.05, 0.1) is 18.2 Å². The highest BCUT2D eigenvalue weighted by Gasteiger charge is 2.34. The molecule has 1 aliphatic carbocycles. The zero-order chi connectivity index (χ0) is 18.0. The molecule has 1 aromatic heterocycles. The van der Waals surface area contributed by atoms with Crippen LogP contribution in [-0.2, 0) is 34.2 Å². The van der Waals surface area contributed by atoms with Crippen LogP contribution in [0.2, 0.25) is 0 Å². The van der Waals surface area contributed by atoms with Crippen molar-refractivity contribution in [1.82, 2.24) is 14.7 Å². The van der Waals surface area contributed by atoms with E-state index in [0.29, 0.717) is 32.5 Å². The molecular weight excluding hydrogens is 322 g/mol. The fourth-order valence-corrected chi connectivity index (χ4v) is 3.78. The van der Waals surface area contributed by atoms with E-state index in [1.54, 1.807) is 24.9 Å². The maximum Gasteiger partial charge on any atom is 0.310 e. The monoisotopic (exact) mass is 347 g/mol. The standard InChI is InChI=1S/C18H25N3O4/c1-3-25-18(24)13-5-4-8-21(11-13)17(23)12-6-7-15-14(9-12)10-16(22)20(2)19-15/h10,12-13H,3-9,11H2,1-2H3/t12-,13-/m1/s1. The highest BCUT2D eigenvalue weighted by atomic mass is 16.5. The van der Waals surface area contributed by atoms with E-state index in [-0.39, 0.29) is 29.3 Å². The van der Waals surface area contributed by atoms with Gasteiger partial charge in [0.1, 0.15) is 0 Å². The molecule has 0 radical (unpaired) electrons. The average Bonchev–Trinajstić information content (AvgIpc) is 2.62. The Hall–Kier alpha value is -2.18. The zero-order valence-electron chi connectivity index (χ0n) is 14.9. The SMILES string of the molecule is CCOC(=O)[C@@H]1CCCN(C(=O)[C@@H]2CCc3nn(C)c(=O)cc3C2)C1. The Morgan fingerprint density at radius 3 is 2.88 bits per heavy atom. The molecule has 136 valence electrons. The molecule has 0 bridgehead atoms. The predicted octanol–water partition coefficient (Wildman–Crippen LogP) is 0.687. The number of ether oxygens (including phenoxy) is 1. The van der Waals surface area contributed by atoms with Gasteiger partial charge in [0.15, 0.2) is 0 Å². The van der Waals surface area contributed by atoms with Crippen LogP contribution in [-0.4, -0.2) is 46.3 Å². The summed E-state index contributed by atoms with van der Waals surface area (Å²) in [6.45, 7) is 3.29. The molecule has 1 saturated heterocycles. The predicted molar refractivity (Wildman–Crippen MR) is 90.9 cm³/mol. The van der Waals surface area contributed by atoms with Crippen molar-refractivity contribution in [1.29, 1.82) is 0 Å². The summed E-state index contributed by atoms with van der Waals surface area (Å²) >= 11 is 0. The molecule has 2 aliphatic rings. The van der Waals surface area contributed by atoms with Crippen molar-refractivity contribution < 1.29 is 14.3 Å². The Labute approximate surface area is 147 Å². The molecule has 0 N–H and O–H groups in total. The second-order valence-electron chi connectivity index (χ2n) is 6.89. The summed E-state index contributed by atoms with van der Waals surface area (Å²) in [5, 5.41) is 4.29. The lowest BCUT2D eigenvalue weighted by molar-refractivity contribution is -0.152. The lowest BCUT2D eigenvalue weighted by Gasteiger charge is -2.35. The Morgan fingerprint density at radius 1 is 1.32 bits per heavy atom. The summed E-state index contributed by atoms with van der Waals surface area (Å²) < 4.78 is 6.45. The number of aromatic nitrogens is 2. The first-order chi connectivity index (χ1) is 12.0. The van der Waals surface area contributed by atoms with Gasteiger partial charge in [-0.15, -0.1) is 0 Å². The quantitative estimate of drug-likeness (QED) is 0.752. The van der Waals surface area contributed by atoms with E-state index in [4.69, 9.17) is 4.74 Å². The summed E-state index contributed by atoms with van der Waals surface area (Å²) in [4.78, 5) is 38.5. The molecule has 1 amide bonds. The number of likely N-dealkylation sites (tertiary alicyclic amines) is 1. The number of carbonyl (C=O) groups is 2. The van der Waals surface area contributed by atoms with Gasteiger partial charge >= 0.3 is 5.97 Å². The molecule has 3 rings (SSSR count). The molecule has 0 aromatic carbocycles. The molecule has 0 saturated carbocycles. The van der Waals surface area contributed by atoms with E-state index in [1.165, 1.54) is 4.68 Å². The molecule has 1 aliphatic heterocycles. The topological polar surface area (TPSA) is 81.5 Å². The van der Waals surface area contributed by atoms with Crippen molar-refractivity contribution in [2.45, 2.75) is 39.0 Å². The maximum absolute atomic E-state index is 12.9. The Balaban J connectivity index is 1.68. The van der Waals surface area contributed by atoms with Gasteiger partial charge in [-0.3, -0.25) is 14.4 Å². The van der Waals surface area contributed by atoms with Crippen molar-refractivity contribution in [3.63, 3.8) is 0 Å². The Bertz CT molecular complexity index is 728. The maximum atomic E-state index is 12.9. The van der Waals surface area contributed by atoms with Crippen molar-refractivity contribution in [3.8, 4) is 0 Å². The third kappa shape index (κ3) is 3.75. The fourth-order valence-electron chi connectivity index (χ4n) is 3.78. The minimum atomic E-state index is -0.220. The van der Waals surface area contributed by atoms with Gasteiger partial charge in [-0.05, 0) is 44.6 Å². The molecule has 0 spiro atoms. The van der Waals surface area contributed by atoms with Crippen LogP contribution in [0.4, 0.5) is 0 Å². The second kappa shape index (κ2) is 7.37. The first kappa shape index (κ1) is 17.6. The van der Waals surface area contributed by atoms with Crippen molar-refractivity contribution in [3.05, 3.63) is 27.7 Å². The highest BCUT2D eigenvalue weighted by Crippen LogP contribution is 2.27. The fraction of sp³-hybridized carbons (Fsp3) is 0.667. The largest absolute Gasteiger partial charge is 0.466 e. The van der Waals surface area contributed by atoms with E-state index in [2.05, 4.69) is 5.10 Å². The third-order valence-electron chi connectivity index (χ3n) is 5.16. The van der Waals surface area contributed by atoms with Crippen molar-refractivity contribution in [2.24, 2.45) is 18.9 Å². The van der Waals surface area contributed by atoms with Gasteiger partial charge in [-0.2, -0.15) is 5.10 Å². The van der Waals surface area contributed by atoms with Crippen LogP contribution in [0.5, 0.6) is 0 Å². The number of hydrogen-bond acceptors (Lipinski definition) is 5. The zero-order valence-corrected chi connectivity index (χ0v) is 14.9. The van der Waals surface area contributed by atoms with Gasteiger partial charge in [-0.25, -0.2) is 4.68 Å². The molecule has 2 heterocycles. The molecule has 0 unspecified atom stereocenters. The summed E-state index contributed by atoms with van der Waals surface area (Å²) in [5.74, 6) is -0.480. The number of aryl methyl sites for hydroxylation is 2. The van der Waals surface area contributed by atoms with Gasteiger partial charge in [0.2, 0.25) is 5.91 Å². The van der Waals surface area contributed by atoms with Crippen molar-refractivity contribution >= 4 is 11.9 Å². The van der Waals surface area contributed by atoms with Gasteiger partial charge in [0.25, 0.3) is 5.56 Å². The smallest absolute Gasteiger partial charge is 0.310 e. The first-order valence-corrected chi connectivity index (χ1v) is 9.01. The third-order valence-corrected chi connectivity index (χ3v) is 5.16. The van der Waals surface area contributed by atoms with Crippen LogP contribution in [0.3, 0.4) is 0 Å². The van der Waals surface area contributed by atoms with Gasteiger partial charge in [0, 0.05) is 32.1 Å². The number of esters is 1. The molecule has 1 fully saturated rings. The lowest BCUT2D eigenvalue weighted by atomic mass is 9.85. The summed E-state index contributed by atoms with van der Waals surface area (Å²) in [7, 11) is 1.64. The number of hydrogen-bond donors (Lipinski definition) is 0. The molecule has 1 aromatic rings. The van der Waals surface area contributed by atoms with E-state index < -0.39 is 0 Å². The summed E-state index contributed by atoms with van der Waals surface area (Å²) in [6, 6.07) is 1.60. The average molecular weight is 347 g/mol. The number of piperidine rings is 1. The number of fused-ring (bicyclic) bond motifs is 1. The lowest BCUT2D eigenvalue weighted by Crippen LogP contribution is -2.46. The van der Waals surface area contributed by atoms with Crippen LogP contribution in [0.15, 0.2) is 10.9 Å². The molecule has 7 heteroatoms. The highest BCUT2D eigenvalue weighted by molar-refractivity contribution is 5.81. The van der Waals surface area contributed by atoms with Crippen LogP contribution in [0.1, 0.15) is 37.4 Å². The Morgan fingerprint density at radius 2 is 2.12 bits per heavy atom. The van der Waals surface area contributed by atoms with Crippen LogP contribution in [0, 0.1) is 11.8 Å². The van der Waals surface area contributed by atoms with Crippen LogP contribution >= 0.6 is 0 Å². The molecule has 25 heavy (non-hydrogen) atoms. The summed E-state index contributed by atoms with van der Waals surface area (Å²) in [6.07, 6.45) is 3.58. The number of rotatable bonds is 3. The Kier molecular flexibility index (Phi) is 5.20. The normalized spacial score (nSPS) is 23.0. The first-order valence-electron chi connectivity index (χ1n) is 9.01. The number of carbonyl (C=O) groups excluding carboxylic acids is 2. The number of amides is 1. The van der Waals surface area contributed by atoms with E-state index in [1.807, 2.05) is 0 Å². The van der Waals surface area contributed by atoms with Crippen LogP contribution < -0.4 is 5.56 Å². The van der Waals surface area contributed by atoms with Gasteiger partial charge in [-0.1, -0.05) is 0 Å². The minimum absolute atomic E-state index is 0.0836. The number of nitrogens with zero attached hydrogens (tertiary/aromatic N) is 3. The van der Waals surface area contributed by atoms with Gasteiger partial charge < -0.3 is 9.64 Å². The summed E-state index contributed by atoms with van der Waals surface area (Å²) in [5.41, 5.74) is 1.65. The minimum Gasteiger partial charge on any atom is -0.466 e. The molecular formula is C18H25N3O4. The van der Waals surface area contributed by atoms with Crippen molar-refractivity contribution in [2.75, 3.05) is 19.7 Å². The van der Waals surface area contributed by atoms with E-state index >= 15 is 0 Å².